The summed E-state index contributed by atoms with van der Waals surface area (Å²) in [5, 5.41) is 12.0. The lowest BCUT2D eigenvalue weighted by molar-refractivity contribution is 0.350. The Bertz CT molecular complexity index is 818. The first-order chi connectivity index (χ1) is 9.92. The molecule has 0 aliphatic carbocycles. The van der Waals surface area contributed by atoms with E-state index in [1.54, 1.807) is 6.92 Å². The first-order valence-corrected chi connectivity index (χ1v) is 7.26. The third-order valence-electron chi connectivity index (χ3n) is 2.42. The molecule has 0 saturated heterocycles. The largest absolute Gasteiger partial charge is 0.384 e. The van der Waals surface area contributed by atoms with Crippen molar-refractivity contribution < 1.29 is 22.4 Å². The molecule has 2 rings (SSSR count). The lowest BCUT2D eigenvalue weighted by Crippen LogP contribution is -2.13. The molecule has 1 aromatic heterocycles. The lowest BCUT2D eigenvalue weighted by atomic mass is 10.2. The van der Waals surface area contributed by atoms with Crippen molar-refractivity contribution in [2.45, 2.75) is 11.8 Å². The molecule has 0 aliphatic rings. The molecule has 0 atom stereocenters. The Hall–Kier alpha value is -2.37. The number of rotatable bonds is 3. The van der Waals surface area contributed by atoms with E-state index in [1.807, 2.05) is 0 Å². The number of aryl methyl sites for hydroxylation is 1. The van der Waals surface area contributed by atoms with Crippen LogP contribution in [-0.4, -0.2) is 25.3 Å². The summed E-state index contributed by atoms with van der Waals surface area (Å²) in [6, 6.07) is 4.67. The van der Waals surface area contributed by atoms with Crippen molar-refractivity contribution in [3.63, 3.8) is 0 Å². The monoisotopic (exact) mass is 310 g/mol. The molecule has 0 spiro atoms. The Morgan fingerprint density at radius 2 is 2.19 bits per heavy atom. The number of aliphatic hydroxyl groups excluding tert-OH is 1. The summed E-state index contributed by atoms with van der Waals surface area (Å²) in [7, 11) is -3.97. The van der Waals surface area contributed by atoms with Gasteiger partial charge in [0.2, 0.25) is 0 Å². The van der Waals surface area contributed by atoms with Gasteiger partial charge in [-0.05, 0) is 25.1 Å². The van der Waals surface area contributed by atoms with Gasteiger partial charge < -0.3 is 9.63 Å². The first kappa shape index (κ1) is 15.0. The maximum atomic E-state index is 13.7. The number of aromatic nitrogens is 1. The molecule has 2 aromatic rings. The van der Waals surface area contributed by atoms with Crippen molar-refractivity contribution in [1.29, 1.82) is 0 Å². The maximum Gasteiger partial charge on any atom is 0.263 e. The minimum absolute atomic E-state index is 0.000260. The predicted molar refractivity (Wildman–Crippen MR) is 72.4 cm³/mol. The quantitative estimate of drug-likeness (QED) is 0.833. The smallest absolute Gasteiger partial charge is 0.263 e. The highest BCUT2D eigenvalue weighted by atomic mass is 32.2. The number of hydrogen-bond donors (Lipinski definition) is 2. The summed E-state index contributed by atoms with van der Waals surface area (Å²) in [5.41, 5.74) is 0.000260. The summed E-state index contributed by atoms with van der Waals surface area (Å²) < 4.78 is 44.8. The molecular formula is C13H11FN2O4S. The Balaban J connectivity index is 2.30. The van der Waals surface area contributed by atoms with Crippen LogP contribution in [-0.2, 0) is 10.0 Å². The minimum atomic E-state index is -3.97. The highest BCUT2D eigenvalue weighted by molar-refractivity contribution is 7.92. The van der Waals surface area contributed by atoms with Gasteiger partial charge >= 0.3 is 0 Å². The number of aliphatic hydroxyl groups is 1. The number of anilines is 1. The van der Waals surface area contributed by atoms with Crippen LogP contribution >= 0.6 is 0 Å². The van der Waals surface area contributed by atoms with Crippen LogP contribution in [0.1, 0.15) is 11.3 Å². The van der Waals surface area contributed by atoms with Gasteiger partial charge in [-0.1, -0.05) is 17.0 Å². The Morgan fingerprint density at radius 3 is 2.76 bits per heavy atom. The Labute approximate surface area is 120 Å². The third-order valence-corrected chi connectivity index (χ3v) is 3.77. The van der Waals surface area contributed by atoms with E-state index >= 15 is 0 Å². The molecule has 8 heteroatoms. The standard InChI is InChI=1S/C13H11FN2O4S/c1-9-7-13(15-20-9)16-21(18,19)11-5-4-10(3-2-6-17)12(14)8-11/h4-5,7-8,17H,6H2,1H3,(H,15,16). The zero-order valence-corrected chi connectivity index (χ0v) is 11.7. The van der Waals surface area contributed by atoms with Gasteiger partial charge in [-0.25, -0.2) is 12.8 Å². The second-order valence-corrected chi connectivity index (χ2v) is 5.71. The molecule has 1 aromatic carbocycles. The average Bonchev–Trinajstić information content (AvgIpc) is 2.82. The second kappa shape index (κ2) is 5.95. The summed E-state index contributed by atoms with van der Waals surface area (Å²) in [4.78, 5) is -0.268. The van der Waals surface area contributed by atoms with Crippen LogP contribution in [0.15, 0.2) is 33.7 Å². The zero-order valence-electron chi connectivity index (χ0n) is 10.9. The van der Waals surface area contributed by atoms with Crippen molar-refractivity contribution in [3.8, 4) is 11.8 Å². The molecule has 0 radical (unpaired) electrons. The maximum absolute atomic E-state index is 13.7. The van der Waals surface area contributed by atoms with Gasteiger partial charge in [0.25, 0.3) is 10.0 Å². The van der Waals surface area contributed by atoms with Crippen LogP contribution in [0.2, 0.25) is 0 Å². The molecule has 0 aliphatic heterocycles. The van der Waals surface area contributed by atoms with E-state index in [0.717, 1.165) is 6.07 Å². The summed E-state index contributed by atoms with van der Waals surface area (Å²) in [6.45, 7) is 1.20. The van der Waals surface area contributed by atoms with Crippen molar-refractivity contribution in [1.82, 2.24) is 5.16 Å². The molecule has 0 unspecified atom stereocenters. The van der Waals surface area contributed by atoms with E-state index < -0.39 is 22.4 Å². The molecule has 21 heavy (non-hydrogen) atoms. The normalized spacial score (nSPS) is 10.8. The fourth-order valence-corrected chi connectivity index (χ4v) is 2.51. The van der Waals surface area contributed by atoms with E-state index in [2.05, 4.69) is 21.7 Å². The minimum Gasteiger partial charge on any atom is -0.384 e. The SMILES string of the molecule is Cc1cc(NS(=O)(=O)c2ccc(C#CCO)c(F)c2)no1. The molecule has 0 fully saturated rings. The topological polar surface area (TPSA) is 92.4 Å². The van der Waals surface area contributed by atoms with Gasteiger partial charge in [-0.2, -0.15) is 0 Å². The van der Waals surface area contributed by atoms with Crippen LogP contribution in [0.5, 0.6) is 0 Å². The number of hydrogen-bond acceptors (Lipinski definition) is 5. The molecular weight excluding hydrogens is 299 g/mol. The predicted octanol–water partition coefficient (Wildman–Crippen LogP) is 1.27. The number of sulfonamides is 1. The van der Waals surface area contributed by atoms with Crippen molar-refractivity contribution in [3.05, 3.63) is 41.4 Å². The van der Waals surface area contributed by atoms with Gasteiger partial charge in [-0.3, -0.25) is 4.72 Å². The van der Waals surface area contributed by atoms with E-state index in [9.17, 15) is 12.8 Å². The number of nitrogens with zero attached hydrogens (tertiary/aromatic N) is 1. The van der Waals surface area contributed by atoms with Crippen LogP contribution in [0.3, 0.4) is 0 Å². The molecule has 0 saturated carbocycles. The van der Waals surface area contributed by atoms with Gasteiger partial charge in [0.1, 0.15) is 18.2 Å². The highest BCUT2D eigenvalue weighted by Crippen LogP contribution is 2.18. The van der Waals surface area contributed by atoms with Crippen LogP contribution in [0.4, 0.5) is 10.2 Å². The molecule has 0 amide bonds. The summed E-state index contributed by atoms with van der Waals surface area (Å²) in [5.74, 6) is 4.31. The van der Waals surface area contributed by atoms with Crippen molar-refractivity contribution in [2.24, 2.45) is 0 Å². The average molecular weight is 310 g/mol. The fourth-order valence-electron chi connectivity index (χ4n) is 1.51. The van der Waals surface area contributed by atoms with E-state index in [4.69, 9.17) is 9.63 Å². The van der Waals surface area contributed by atoms with Crippen LogP contribution < -0.4 is 4.72 Å². The summed E-state index contributed by atoms with van der Waals surface area (Å²) >= 11 is 0. The number of nitrogens with one attached hydrogen (secondary N) is 1. The first-order valence-electron chi connectivity index (χ1n) is 5.78. The van der Waals surface area contributed by atoms with E-state index in [-0.39, 0.29) is 16.3 Å². The molecule has 0 bridgehead atoms. The zero-order chi connectivity index (χ0) is 15.5. The summed E-state index contributed by atoms with van der Waals surface area (Å²) in [6.07, 6.45) is 0. The van der Waals surface area contributed by atoms with Crippen molar-refractivity contribution in [2.75, 3.05) is 11.3 Å². The number of benzene rings is 1. The third kappa shape index (κ3) is 3.59. The number of halogens is 1. The van der Waals surface area contributed by atoms with Crippen LogP contribution in [0, 0.1) is 24.6 Å². The molecule has 110 valence electrons. The Morgan fingerprint density at radius 1 is 1.43 bits per heavy atom. The van der Waals surface area contributed by atoms with E-state index in [1.165, 1.54) is 18.2 Å². The van der Waals surface area contributed by atoms with Gasteiger partial charge in [-0.15, -0.1) is 0 Å². The van der Waals surface area contributed by atoms with Crippen LogP contribution in [0.25, 0.3) is 0 Å². The van der Waals surface area contributed by atoms with Gasteiger partial charge in [0, 0.05) is 6.07 Å². The second-order valence-electron chi connectivity index (χ2n) is 4.03. The molecule has 1 heterocycles. The van der Waals surface area contributed by atoms with Crippen molar-refractivity contribution >= 4 is 15.8 Å². The molecule has 6 nitrogen and oxygen atoms in total. The highest BCUT2D eigenvalue weighted by Gasteiger charge is 2.17. The molecule has 2 N–H and O–H groups in total. The lowest BCUT2D eigenvalue weighted by Gasteiger charge is -2.05. The Kier molecular flexibility index (Phi) is 4.26. The van der Waals surface area contributed by atoms with E-state index in [0.29, 0.717) is 5.76 Å². The van der Waals surface area contributed by atoms with Gasteiger partial charge in [0.15, 0.2) is 5.82 Å². The fraction of sp³-hybridized carbons (Fsp3) is 0.154. The van der Waals surface area contributed by atoms with Gasteiger partial charge in [0.05, 0.1) is 10.5 Å².